The molecule has 2 aromatic rings. The van der Waals surface area contributed by atoms with E-state index >= 15 is 0 Å². The van der Waals surface area contributed by atoms with Gasteiger partial charge in [0.2, 0.25) is 0 Å². The molecule has 0 aromatic carbocycles. The molecule has 0 fully saturated rings. The molecule has 0 atom stereocenters. The zero-order valence-electron chi connectivity index (χ0n) is 8.81. The van der Waals surface area contributed by atoms with Crippen molar-refractivity contribution in [3.63, 3.8) is 0 Å². The molecule has 0 aliphatic heterocycles. The van der Waals surface area contributed by atoms with Gasteiger partial charge in [0.15, 0.2) is 5.13 Å². The number of aromatic nitrogens is 1. The number of nitrogens with two attached hydrogens (primary N) is 1. The molecule has 0 bridgehead atoms. The zero-order valence-corrected chi connectivity index (χ0v) is 12.0. The van der Waals surface area contributed by atoms with E-state index in [0.717, 1.165) is 23.3 Å². The number of halogens is 1. The van der Waals surface area contributed by atoms with E-state index in [9.17, 15) is 0 Å². The lowest BCUT2D eigenvalue weighted by Gasteiger charge is -2.13. The predicted octanol–water partition coefficient (Wildman–Crippen LogP) is 3.18. The maximum Gasteiger partial charge on any atom is 0.180 e. The van der Waals surface area contributed by atoms with Crippen molar-refractivity contribution in [2.24, 2.45) is 0 Å². The monoisotopic (exact) mass is 317 g/mol. The summed E-state index contributed by atoms with van der Waals surface area (Å²) in [5.74, 6) is 0. The first-order valence-corrected chi connectivity index (χ1v) is 7.30. The Morgan fingerprint density at radius 3 is 2.75 bits per heavy atom. The molecule has 0 saturated heterocycles. The summed E-state index contributed by atoms with van der Waals surface area (Å²) in [7, 11) is 2.09. The van der Waals surface area contributed by atoms with Gasteiger partial charge in [-0.2, -0.15) is 0 Å². The molecule has 6 heteroatoms. The molecule has 0 aliphatic carbocycles. The molecule has 0 amide bonds. The van der Waals surface area contributed by atoms with Crippen molar-refractivity contribution in [2.75, 3.05) is 12.8 Å². The average molecular weight is 318 g/mol. The summed E-state index contributed by atoms with van der Waals surface area (Å²) in [6, 6.07) is 2.15. The van der Waals surface area contributed by atoms with E-state index in [1.54, 1.807) is 11.3 Å². The van der Waals surface area contributed by atoms with E-state index in [-0.39, 0.29) is 0 Å². The van der Waals surface area contributed by atoms with Gasteiger partial charge in [-0.05, 0) is 29.0 Å². The maximum atomic E-state index is 5.59. The minimum absolute atomic E-state index is 0.641. The first-order chi connectivity index (χ1) is 7.63. The molecular formula is C10H12BrN3S2. The average Bonchev–Trinajstić information content (AvgIpc) is 2.76. The number of rotatable bonds is 4. The smallest absolute Gasteiger partial charge is 0.180 e. The van der Waals surface area contributed by atoms with Crippen molar-refractivity contribution in [1.29, 1.82) is 0 Å². The van der Waals surface area contributed by atoms with Crippen molar-refractivity contribution in [3.05, 3.63) is 31.9 Å². The van der Waals surface area contributed by atoms with E-state index in [4.69, 9.17) is 5.73 Å². The minimum atomic E-state index is 0.641. The third-order valence-electron chi connectivity index (χ3n) is 2.05. The van der Waals surface area contributed by atoms with Crippen LogP contribution in [0.4, 0.5) is 5.13 Å². The van der Waals surface area contributed by atoms with E-state index in [1.165, 1.54) is 16.2 Å². The van der Waals surface area contributed by atoms with E-state index < -0.39 is 0 Å². The molecular weight excluding hydrogens is 306 g/mol. The number of nitrogens with zero attached hydrogens (tertiary/aromatic N) is 2. The Kier molecular flexibility index (Phi) is 3.96. The van der Waals surface area contributed by atoms with Crippen molar-refractivity contribution < 1.29 is 0 Å². The van der Waals surface area contributed by atoms with Gasteiger partial charge in [0.05, 0.1) is 5.69 Å². The molecule has 2 N–H and O–H groups in total. The Morgan fingerprint density at radius 1 is 1.38 bits per heavy atom. The fourth-order valence-electron chi connectivity index (χ4n) is 1.43. The lowest BCUT2D eigenvalue weighted by molar-refractivity contribution is 0.318. The Morgan fingerprint density at radius 2 is 2.19 bits per heavy atom. The highest BCUT2D eigenvalue weighted by atomic mass is 79.9. The minimum Gasteiger partial charge on any atom is -0.375 e. The largest absolute Gasteiger partial charge is 0.375 e. The van der Waals surface area contributed by atoms with Crippen LogP contribution in [0.25, 0.3) is 0 Å². The zero-order chi connectivity index (χ0) is 11.5. The van der Waals surface area contributed by atoms with Crippen LogP contribution in [0.15, 0.2) is 21.3 Å². The Balaban J connectivity index is 1.91. The molecule has 3 nitrogen and oxygen atoms in total. The summed E-state index contributed by atoms with van der Waals surface area (Å²) in [5, 5.41) is 4.75. The highest BCUT2D eigenvalue weighted by molar-refractivity contribution is 9.10. The number of nitrogen functional groups attached to an aromatic ring is 1. The van der Waals surface area contributed by atoms with Crippen molar-refractivity contribution in [3.8, 4) is 0 Å². The number of thiazole rings is 1. The first kappa shape index (κ1) is 12.0. The second-order valence-electron chi connectivity index (χ2n) is 3.58. The lowest BCUT2D eigenvalue weighted by Crippen LogP contribution is -2.16. The van der Waals surface area contributed by atoms with Gasteiger partial charge in [-0.15, -0.1) is 22.7 Å². The van der Waals surface area contributed by atoms with Gasteiger partial charge >= 0.3 is 0 Å². The normalized spacial score (nSPS) is 11.2. The number of hydrogen-bond acceptors (Lipinski definition) is 5. The Bertz CT molecular complexity index is 424. The van der Waals surface area contributed by atoms with Crippen LogP contribution in [-0.4, -0.2) is 16.9 Å². The van der Waals surface area contributed by atoms with Crippen LogP contribution in [0.2, 0.25) is 0 Å². The van der Waals surface area contributed by atoms with E-state index in [0.29, 0.717) is 5.13 Å². The first-order valence-electron chi connectivity index (χ1n) is 4.75. The van der Waals surface area contributed by atoms with Gasteiger partial charge in [-0.1, -0.05) is 0 Å². The molecule has 0 radical (unpaired) electrons. The van der Waals surface area contributed by atoms with Crippen LogP contribution < -0.4 is 5.73 Å². The van der Waals surface area contributed by atoms with E-state index in [2.05, 4.69) is 44.3 Å². The third-order valence-corrected chi connectivity index (χ3v) is 4.45. The Hall–Kier alpha value is -0.430. The molecule has 0 spiro atoms. The van der Waals surface area contributed by atoms with E-state index in [1.807, 2.05) is 5.38 Å². The molecule has 2 rings (SSSR count). The maximum absolute atomic E-state index is 5.59. The predicted molar refractivity (Wildman–Crippen MR) is 73.7 cm³/mol. The van der Waals surface area contributed by atoms with Gasteiger partial charge in [-0.25, -0.2) is 4.98 Å². The number of anilines is 1. The summed E-state index contributed by atoms with van der Waals surface area (Å²) in [6.45, 7) is 1.77. The van der Waals surface area contributed by atoms with Gasteiger partial charge < -0.3 is 5.73 Å². The summed E-state index contributed by atoms with van der Waals surface area (Å²) in [4.78, 5) is 7.82. The molecule has 2 heterocycles. The van der Waals surface area contributed by atoms with Gasteiger partial charge in [-0.3, -0.25) is 4.90 Å². The second kappa shape index (κ2) is 5.27. The van der Waals surface area contributed by atoms with Crippen molar-refractivity contribution in [1.82, 2.24) is 9.88 Å². The van der Waals surface area contributed by atoms with Crippen LogP contribution in [0, 0.1) is 0 Å². The van der Waals surface area contributed by atoms with Crippen molar-refractivity contribution in [2.45, 2.75) is 13.1 Å². The standard InChI is InChI=1S/C10H12BrN3S2/c1-14(3-8-6-16-10(12)13-8)4-9-2-7(11)5-15-9/h2,5-6H,3-4H2,1H3,(H2,12,13). The highest BCUT2D eigenvalue weighted by Gasteiger charge is 2.06. The third kappa shape index (κ3) is 3.28. The van der Waals surface area contributed by atoms with Gasteiger partial charge in [0.25, 0.3) is 0 Å². The summed E-state index contributed by atoms with van der Waals surface area (Å²) < 4.78 is 1.15. The molecule has 16 heavy (non-hydrogen) atoms. The summed E-state index contributed by atoms with van der Waals surface area (Å²) >= 11 is 6.71. The highest BCUT2D eigenvalue weighted by Crippen LogP contribution is 2.21. The topological polar surface area (TPSA) is 42.1 Å². The molecule has 0 unspecified atom stereocenters. The summed E-state index contributed by atoms with van der Waals surface area (Å²) in [5.41, 5.74) is 6.64. The lowest BCUT2D eigenvalue weighted by atomic mass is 10.4. The second-order valence-corrected chi connectivity index (χ2v) is 6.38. The van der Waals surface area contributed by atoms with Crippen LogP contribution in [-0.2, 0) is 13.1 Å². The van der Waals surface area contributed by atoms with Crippen molar-refractivity contribution >= 4 is 43.7 Å². The van der Waals surface area contributed by atoms with Gasteiger partial charge in [0, 0.05) is 33.2 Å². The quantitative estimate of drug-likeness (QED) is 0.941. The Labute approximate surface area is 111 Å². The fourth-order valence-corrected chi connectivity index (χ4v) is 3.51. The van der Waals surface area contributed by atoms with Crippen LogP contribution >= 0.6 is 38.6 Å². The number of thiophene rings is 1. The van der Waals surface area contributed by atoms with Gasteiger partial charge in [0.1, 0.15) is 0 Å². The number of hydrogen-bond donors (Lipinski definition) is 1. The summed E-state index contributed by atoms with van der Waals surface area (Å²) in [6.07, 6.45) is 0. The molecule has 0 saturated carbocycles. The SMILES string of the molecule is CN(Cc1csc(N)n1)Cc1cc(Br)cs1. The fraction of sp³-hybridized carbons (Fsp3) is 0.300. The van der Waals surface area contributed by atoms with Crippen LogP contribution in [0.5, 0.6) is 0 Å². The van der Waals surface area contributed by atoms with Crippen LogP contribution in [0.1, 0.15) is 10.6 Å². The molecule has 0 aliphatic rings. The van der Waals surface area contributed by atoms with Crippen LogP contribution in [0.3, 0.4) is 0 Å². The molecule has 86 valence electrons. The molecule has 2 aromatic heterocycles.